The molecule has 304 valence electrons. The minimum atomic E-state index is -0.931. The number of halogens is 1. The normalized spacial score (nSPS) is 9.88. The number of hydrogen-bond acceptors (Lipinski definition) is 8. The van der Waals surface area contributed by atoms with E-state index in [-0.39, 0.29) is 24.9 Å². The van der Waals surface area contributed by atoms with E-state index in [9.17, 15) is 14.4 Å². The molecule has 12 nitrogen and oxygen atoms in total. The summed E-state index contributed by atoms with van der Waals surface area (Å²) in [5, 5.41) is 24.1. The predicted octanol–water partition coefficient (Wildman–Crippen LogP) is 9.14. The van der Waals surface area contributed by atoms with E-state index >= 15 is 0 Å². The van der Waals surface area contributed by atoms with E-state index in [2.05, 4.69) is 95.7 Å². The number of aromatic nitrogens is 6. The van der Waals surface area contributed by atoms with Gasteiger partial charge in [0.1, 0.15) is 0 Å². The molecule has 0 saturated carbocycles. The summed E-state index contributed by atoms with van der Waals surface area (Å²) < 4.78 is 13.1. The van der Waals surface area contributed by atoms with Crippen molar-refractivity contribution in [2.24, 2.45) is 0 Å². The van der Waals surface area contributed by atoms with E-state index in [1.165, 1.54) is 48.1 Å². The van der Waals surface area contributed by atoms with Crippen molar-refractivity contribution < 1.29 is 29.0 Å². The topological polar surface area (TPSA) is 154 Å². The minimum absolute atomic E-state index is 0. The Balaban J connectivity index is 0.000000271. The van der Waals surface area contributed by atoms with Crippen LogP contribution in [-0.4, -0.2) is 71.3 Å². The third kappa shape index (κ3) is 19.6. The monoisotopic (exact) mass is 842 g/mol. The van der Waals surface area contributed by atoms with Gasteiger partial charge in [-0.1, -0.05) is 114 Å². The van der Waals surface area contributed by atoms with Crippen LogP contribution in [0.5, 0.6) is 0 Å². The summed E-state index contributed by atoms with van der Waals surface area (Å²) in [5.41, 5.74) is 5.26. The van der Waals surface area contributed by atoms with Gasteiger partial charge in [0.25, 0.3) is 0 Å². The number of aromatic amines is 1. The highest BCUT2D eigenvalue weighted by atomic mass is 79.9. The van der Waals surface area contributed by atoms with Crippen LogP contribution >= 0.6 is 15.9 Å². The number of carbonyl (C=O) groups excluding carboxylic acids is 2. The summed E-state index contributed by atoms with van der Waals surface area (Å²) >= 11 is 3.41. The molecular formula is C44H55BrN6O6. The van der Waals surface area contributed by atoms with Gasteiger partial charge in [0.2, 0.25) is 0 Å². The molecule has 0 spiro atoms. The first kappa shape index (κ1) is 47.3. The molecule has 6 rings (SSSR count). The smallest absolute Gasteiger partial charge is 0.341 e. The fraction of sp³-hybridized carbons (Fsp3) is 0.318. The summed E-state index contributed by atoms with van der Waals surface area (Å²) in [7, 11) is 0. The lowest BCUT2D eigenvalue weighted by molar-refractivity contribution is 0.0516. The van der Waals surface area contributed by atoms with Crippen LogP contribution in [0.1, 0.15) is 88.3 Å². The number of hydrogen-bond donors (Lipinski definition) is 2. The second-order valence-corrected chi connectivity index (χ2v) is 13.0. The number of carbonyl (C=O) groups is 3. The summed E-state index contributed by atoms with van der Waals surface area (Å²) in [5.74, 6) is -1.58. The zero-order valence-corrected chi connectivity index (χ0v) is 33.6. The van der Waals surface area contributed by atoms with Crippen LogP contribution in [0.2, 0.25) is 0 Å². The molecule has 0 aliphatic rings. The Morgan fingerprint density at radius 1 is 0.632 bits per heavy atom. The lowest BCUT2D eigenvalue weighted by Gasteiger charge is -2.02. The summed E-state index contributed by atoms with van der Waals surface area (Å²) in [6.07, 6.45) is 15.5. The van der Waals surface area contributed by atoms with Crippen molar-refractivity contribution in [1.29, 1.82) is 0 Å². The molecule has 57 heavy (non-hydrogen) atoms. The predicted molar refractivity (Wildman–Crippen MR) is 227 cm³/mol. The number of nitrogens with zero attached hydrogens (tertiary/aromatic N) is 5. The second kappa shape index (κ2) is 28.6. The first-order chi connectivity index (χ1) is 27.3. The third-order valence-corrected chi connectivity index (χ3v) is 8.43. The molecule has 0 aliphatic carbocycles. The highest BCUT2D eigenvalue weighted by Crippen LogP contribution is 2.07. The number of carboxylic acid groups (broad SMARTS) is 1. The number of H-pyrrole nitrogens is 1. The number of aryl methyl sites for hydroxylation is 5. The van der Waals surface area contributed by atoms with Gasteiger partial charge in [-0.05, 0) is 69.1 Å². The number of ether oxygens (including phenoxy) is 2. The molecule has 3 aromatic heterocycles. The molecule has 13 heteroatoms. The molecule has 3 heterocycles. The SMILES string of the molecule is BrCCCc1ccccc1.C.CCOC(=O)c1cn[nH]c1.CCOC(=O)c1cnn(CCCc2ccccc2)c1.O=C(O)c1cnn(CCCc2ccccc2)c1. The highest BCUT2D eigenvalue weighted by Gasteiger charge is 2.09. The number of aromatic carboxylic acids is 1. The van der Waals surface area contributed by atoms with Crippen LogP contribution < -0.4 is 0 Å². The van der Waals surface area contributed by atoms with E-state index < -0.39 is 5.97 Å². The number of alkyl halides is 1. The maximum Gasteiger partial charge on any atom is 0.341 e. The Bertz CT molecular complexity index is 1930. The Labute approximate surface area is 344 Å². The van der Waals surface area contributed by atoms with Crippen molar-refractivity contribution in [2.75, 3.05) is 18.5 Å². The van der Waals surface area contributed by atoms with Crippen molar-refractivity contribution in [1.82, 2.24) is 29.8 Å². The Kier molecular flexibility index (Phi) is 23.7. The fourth-order valence-corrected chi connectivity index (χ4v) is 5.35. The number of carboxylic acids is 1. The lowest BCUT2D eigenvalue weighted by Crippen LogP contribution is -2.04. The van der Waals surface area contributed by atoms with Gasteiger partial charge in [-0.25, -0.2) is 14.4 Å². The number of benzene rings is 3. The van der Waals surface area contributed by atoms with Crippen LogP contribution in [0.25, 0.3) is 0 Å². The second-order valence-electron chi connectivity index (χ2n) is 12.2. The van der Waals surface area contributed by atoms with Crippen molar-refractivity contribution in [3.05, 3.63) is 162 Å². The average molecular weight is 844 g/mol. The van der Waals surface area contributed by atoms with Gasteiger partial charge in [0, 0.05) is 37.0 Å². The van der Waals surface area contributed by atoms with Crippen LogP contribution in [0.3, 0.4) is 0 Å². The summed E-state index contributed by atoms with van der Waals surface area (Å²) in [6.45, 7) is 5.87. The van der Waals surface area contributed by atoms with E-state index in [0.29, 0.717) is 24.3 Å². The third-order valence-electron chi connectivity index (χ3n) is 7.87. The molecule has 0 aliphatic heterocycles. The van der Waals surface area contributed by atoms with Crippen LogP contribution in [0.4, 0.5) is 0 Å². The average Bonchev–Trinajstić information content (AvgIpc) is 4.03. The quantitative estimate of drug-likeness (QED) is 0.0717. The fourth-order valence-electron chi connectivity index (χ4n) is 5.07. The standard InChI is InChI=1S/C15H18N2O2.C13H14N2O2.C9H11Br.C6H8N2O2.CH4/c1-2-19-15(18)14-11-16-17(12-14)10-6-9-13-7-4-3-5-8-13;16-13(17)12-9-14-15(10-12)8-4-7-11-5-2-1-3-6-11;10-8-4-7-9-5-2-1-3-6-9;1-2-10-6(9)5-3-7-8-4-5;/h3-5,7-8,11-12H,2,6,9-10H2,1H3;1-3,5-6,9-10H,4,7-8H2,(H,16,17);1-3,5-6H,4,7-8H2;3-4H,2H2,1H3,(H,7,8);1H4. The molecule has 2 N–H and O–H groups in total. The van der Waals surface area contributed by atoms with Crippen LogP contribution in [-0.2, 0) is 41.8 Å². The molecule has 0 radical (unpaired) electrons. The lowest BCUT2D eigenvalue weighted by atomic mass is 10.1. The van der Waals surface area contributed by atoms with E-state index in [1.54, 1.807) is 41.8 Å². The van der Waals surface area contributed by atoms with Gasteiger partial charge in [-0.3, -0.25) is 14.5 Å². The van der Waals surface area contributed by atoms with Crippen molar-refractivity contribution in [2.45, 2.75) is 72.9 Å². The molecular weight excluding hydrogens is 788 g/mol. The molecule has 0 fully saturated rings. The van der Waals surface area contributed by atoms with Crippen LogP contribution in [0.15, 0.2) is 128 Å². The highest BCUT2D eigenvalue weighted by molar-refractivity contribution is 9.09. The van der Waals surface area contributed by atoms with Gasteiger partial charge in [-0.2, -0.15) is 15.3 Å². The molecule has 0 atom stereocenters. The van der Waals surface area contributed by atoms with Gasteiger partial charge in [-0.15, -0.1) is 0 Å². The Hall–Kier alpha value is -5.82. The summed E-state index contributed by atoms with van der Waals surface area (Å²) in [4.78, 5) is 33.0. The molecule has 0 amide bonds. The van der Waals surface area contributed by atoms with E-state index in [4.69, 9.17) is 9.84 Å². The summed E-state index contributed by atoms with van der Waals surface area (Å²) in [6, 6.07) is 31.1. The molecule has 0 bridgehead atoms. The zero-order chi connectivity index (χ0) is 40.2. The van der Waals surface area contributed by atoms with Gasteiger partial charge in [0.15, 0.2) is 0 Å². The van der Waals surface area contributed by atoms with Crippen molar-refractivity contribution >= 4 is 33.8 Å². The van der Waals surface area contributed by atoms with E-state index in [1.807, 2.05) is 36.4 Å². The Morgan fingerprint density at radius 3 is 1.44 bits per heavy atom. The van der Waals surface area contributed by atoms with Gasteiger partial charge in [0.05, 0.1) is 48.5 Å². The largest absolute Gasteiger partial charge is 0.478 e. The first-order valence-corrected chi connectivity index (χ1v) is 19.7. The first-order valence-electron chi connectivity index (χ1n) is 18.6. The number of rotatable bonds is 16. The van der Waals surface area contributed by atoms with Crippen molar-refractivity contribution in [3.63, 3.8) is 0 Å². The molecule has 0 unspecified atom stereocenters. The van der Waals surface area contributed by atoms with Crippen molar-refractivity contribution in [3.8, 4) is 0 Å². The van der Waals surface area contributed by atoms with Gasteiger partial charge >= 0.3 is 17.9 Å². The Morgan fingerprint density at radius 2 is 1.05 bits per heavy atom. The maximum absolute atomic E-state index is 11.5. The van der Waals surface area contributed by atoms with Gasteiger partial charge < -0.3 is 14.6 Å². The number of nitrogens with one attached hydrogen (secondary N) is 1. The van der Waals surface area contributed by atoms with E-state index in [0.717, 1.165) is 44.1 Å². The molecule has 3 aromatic carbocycles. The van der Waals surface area contributed by atoms with Crippen LogP contribution in [0, 0.1) is 0 Å². The maximum atomic E-state index is 11.5. The zero-order valence-electron chi connectivity index (χ0n) is 32.0. The molecule has 0 saturated heterocycles. The molecule has 6 aromatic rings. The minimum Gasteiger partial charge on any atom is -0.478 e. The number of esters is 2.